The lowest BCUT2D eigenvalue weighted by atomic mass is 9.97. The highest BCUT2D eigenvalue weighted by atomic mass is 16.5. The minimum absolute atomic E-state index is 0.233. The van der Waals surface area contributed by atoms with Gasteiger partial charge in [0.1, 0.15) is 5.75 Å². The van der Waals surface area contributed by atoms with Crippen molar-refractivity contribution in [3.63, 3.8) is 0 Å². The molecule has 0 saturated carbocycles. The Hall–Kier alpha value is -1.06. The van der Waals surface area contributed by atoms with E-state index in [0.717, 1.165) is 18.2 Å². The molecule has 0 amide bonds. The molecule has 0 radical (unpaired) electrons. The van der Waals surface area contributed by atoms with Crippen molar-refractivity contribution in [2.75, 3.05) is 19.6 Å². The summed E-state index contributed by atoms with van der Waals surface area (Å²) in [5.74, 6) is 1.77. The summed E-state index contributed by atoms with van der Waals surface area (Å²) in [5.41, 5.74) is 1.33. The van der Waals surface area contributed by atoms with Crippen LogP contribution in [0.5, 0.6) is 5.75 Å². The molecule has 112 valence electrons. The molecule has 0 bridgehead atoms. The van der Waals surface area contributed by atoms with Crippen LogP contribution in [-0.2, 0) is 0 Å². The van der Waals surface area contributed by atoms with Gasteiger partial charge in [0.15, 0.2) is 0 Å². The van der Waals surface area contributed by atoms with Gasteiger partial charge < -0.3 is 15.4 Å². The van der Waals surface area contributed by atoms with Crippen LogP contribution in [0.2, 0.25) is 0 Å². The molecule has 0 aliphatic carbocycles. The van der Waals surface area contributed by atoms with Gasteiger partial charge in [-0.05, 0) is 76.9 Å². The van der Waals surface area contributed by atoms with Crippen LogP contribution in [0.3, 0.4) is 0 Å². The fraction of sp³-hybridized carbons (Fsp3) is 0.647. The molecule has 0 aromatic heterocycles. The molecule has 20 heavy (non-hydrogen) atoms. The third-order valence-corrected chi connectivity index (χ3v) is 3.92. The average Bonchev–Trinajstić information content (AvgIpc) is 2.46. The van der Waals surface area contributed by atoms with Gasteiger partial charge in [-0.15, -0.1) is 0 Å². The van der Waals surface area contributed by atoms with Crippen LogP contribution in [-0.4, -0.2) is 25.7 Å². The first-order valence-electron chi connectivity index (χ1n) is 7.86. The van der Waals surface area contributed by atoms with E-state index >= 15 is 0 Å². The van der Waals surface area contributed by atoms with Gasteiger partial charge in [0.25, 0.3) is 0 Å². The molecule has 2 rings (SSSR count). The molecule has 1 heterocycles. The molecule has 1 aromatic rings. The van der Waals surface area contributed by atoms with Crippen molar-refractivity contribution in [2.45, 2.75) is 45.8 Å². The predicted molar refractivity (Wildman–Crippen MR) is 84.2 cm³/mol. The molecular weight excluding hydrogens is 248 g/mol. The van der Waals surface area contributed by atoms with Gasteiger partial charge in [0, 0.05) is 6.04 Å². The Balaban J connectivity index is 1.80. The van der Waals surface area contributed by atoms with Crippen LogP contribution in [0, 0.1) is 5.92 Å². The number of hydrogen-bond donors (Lipinski definition) is 2. The lowest BCUT2D eigenvalue weighted by molar-refractivity contribution is 0.242. The van der Waals surface area contributed by atoms with Gasteiger partial charge >= 0.3 is 0 Å². The summed E-state index contributed by atoms with van der Waals surface area (Å²) in [6.45, 7) is 9.80. The third-order valence-electron chi connectivity index (χ3n) is 3.92. The Morgan fingerprint density at radius 3 is 2.40 bits per heavy atom. The monoisotopic (exact) mass is 276 g/mol. The number of benzene rings is 1. The van der Waals surface area contributed by atoms with Crippen molar-refractivity contribution < 1.29 is 4.74 Å². The lowest BCUT2D eigenvalue weighted by Gasteiger charge is -2.25. The Bertz CT molecular complexity index is 382. The number of hydrogen-bond acceptors (Lipinski definition) is 3. The first-order valence-corrected chi connectivity index (χ1v) is 7.86. The van der Waals surface area contributed by atoms with E-state index in [1.165, 1.54) is 31.5 Å². The van der Waals surface area contributed by atoms with Gasteiger partial charge in [-0.25, -0.2) is 0 Å². The van der Waals surface area contributed by atoms with Crippen LogP contribution in [0.15, 0.2) is 24.3 Å². The maximum absolute atomic E-state index is 5.68. The summed E-state index contributed by atoms with van der Waals surface area (Å²) >= 11 is 0. The molecular formula is C17H28N2O. The molecule has 1 aromatic carbocycles. The van der Waals surface area contributed by atoms with Crippen molar-refractivity contribution in [3.05, 3.63) is 29.8 Å². The van der Waals surface area contributed by atoms with Crippen molar-refractivity contribution in [3.8, 4) is 5.75 Å². The van der Waals surface area contributed by atoms with E-state index in [0.29, 0.717) is 6.04 Å². The number of ether oxygens (including phenoxy) is 1. The molecule has 2 N–H and O–H groups in total. The number of nitrogens with one attached hydrogen (secondary N) is 2. The molecule has 0 spiro atoms. The topological polar surface area (TPSA) is 33.3 Å². The Kier molecular flexibility index (Phi) is 5.86. The highest BCUT2D eigenvalue weighted by molar-refractivity contribution is 5.29. The first-order chi connectivity index (χ1) is 9.65. The molecule has 1 aliphatic heterocycles. The van der Waals surface area contributed by atoms with Crippen molar-refractivity contribution in [1.82, 2.24) is 10.6 Å². The second-order valence-corrected chi connectivity index (χ2v) is 6.06. The fourth-order valence-electron chi connectivity index (χ4n) is 2.65. The van der Waals surface area contributed by atoms with Crippen LogP contribution < -0.4 is 15.4 Å². The smallest absolute Gasteiger partial charge is 0.119 e. The van der Waals surface area contributed by atoms with Crippen molar-refractivity contribution >= 4 is 0 Å². The second kappa shape index (κ2) is 7.65. The predicted octanol–water partition coefficient (Wildman–Crippen LogP) is 3.12. The molecule has 1 unspecified atom stereocenters. The molecule has 1 saturated heterocycles. The summed E-state index contributed by atoms with van der Waals surface area (Å²) in [6.07, 6.45) is 2.82. The molecule has 3 nitrogen and oxygen atoms in total. The van der Waals surface area contributed by atoms with Crippen LogP contribution in [0.1, 0.15) is 45.2 Å². The number of piperidine rings is 1. The van der Waals surface area contributed by atoms with E-state index in [1.54, 1.807) is 0 Å². The Morgan fingerprint density at radius 1 is 1.15 bits per heavy atom. The standard InChI is InChI=1S/C17H28N2O/c1-13(2)20-17-6-4-16(5-7-17)14(3)19-12-15-8-10-18-11-9-15/h4-7,13-15,18-19H,8-12H2,1-3H3. The summed E-state index contributed by atoms with van der Waals surface area (Å²) < 4.78 is 5.68. The lowest BCUT2D eigenvalue weighted by Crippen LogP contribution is -2.34. The summed E-state index contributed by atoms with van der Waals surface area (Å²) in [6, 6.07) is 8.86. The van der Waals surface area contributed by atoms with E-state index < -0.39 is 0 Å². The second-order valence-electron chi connectivity index (χ2n) is 6.06. The zero-order valence-electron chi connectivity index (χ0n) is 13.0. The average molecular weight is 276 g/mol. The zero-order chi connectivity index (χ0) is 14.4. The minimum atomic E-state index is 0.233. The normalized spacial score (nSPS) is 18.2. The van der Waals surface area contributed by atoms with Gasteiger partial charge in [-0.1, -0.05) is 12.1 Å². The van der Waals surface area contributed by atoms with Crippen LogP contribution in [0.4, 0.5) is 0 Å². The zero-order valence-corrected chi connectivity index (χ0v) is 13.0. The van der Waals surface area contributed by atoms with Gasteiger partial charge in [-0.3, -0.25) is 0 Å². The van der Waals surface area contributed by atoms with Crippen LogP contribution >= 0.6 is 0 Å². The first kappa shape index (κ1) is 15.3. The highest BCUT2D eigenvalue weighted by Crippen LogP contribution is 2.19. The molecule has 1 fully saturated rings. The Morgan fingerprint density at radius 2 is 1.80 bits per heavy atom. The molecule has 3 heteroatoms. The Labute approximate surface area is 123 Å². The largest absolute Gasteiger partial charge is 0.491 e. The van der Waals surface area contributed by atoms with Gasteiger partial charge in [-0.2, -0.15) is 0 Å². The summed E-state index contributed by atoms with van der Waals surface area (Å²) in [7, 11) is 0. The van der Waals surface area contributed by atoms with Crippen molar-refractivity contribution in [1.29, 1.82) is 0 Å². The maximum atomic E-state index is 5.68. The molecule has 1 atom stereocenters. The van der Waals surface area contributed by atoms with E-state index in [1.807, 2.05) is 0 Å². The van der Waals surface area contributed by atoms with Crippen molar-refractivity contribution in [2.24, 2.45) is 5.92 Å². The SMILES string of the molecule is CC(C)Oc1ccc(C(C)NCC2CCNCC2)cc1. The van der Waals surface area contributed by atoms with E-state index in [-0.39, 0.29) is 6.10 Å². The minimum Gasteiger partial charge on any atom is -0.491 e. The third kappa shape index (κ3) is 4.80. The van der Waals surface area contributed by atoms with E-state index in [9.17, 15) is 0 Å². The number of rotatable bonds is 6. The highest BCUT2D eigenvalue weighted by Gasteiger charge is 2.14. The van der Waals surface area contributed by atoms with Gasteiger partial charge in [0.05, 0.1) is 6.10 Å². The van der Waals surface area contributed by atoms with Crippen LogP contribution in [0.25, 0.3) is 0 Å². The maximum Gasteiger partial charge on any atom is 0.119 e. The molecule has 1 aliphatic rings. The fourth-order valence-corrected chi connectivity index (χ4v) is 2.65. The van der Waals surface area contributed by atoms with E-state index in [2.05, 4.69) is 55.7 Å². The summed E-state index contributed by atoms with van der Waals surface area (Å²) in [5, 5.41) is 7.07. The summed E-state index contributed by atoms with van der Waals surface area (Å²) in [4.78, 5) is 0. The quantitative estimate of drug-likeness (QED) is 0.837. The van der Waals surface area contributed by atoms with E-state index in [4.69, 9.17) is 4.74 Å². The van der Waals surface area contributed by atoms with Gasteiger partial charge in [0.2, 0.25) is 0 Å².